The molecular formula is C13H17Cl2N3. The number of halogens is 2. The molecule has 2 aromatic rings. The highest BCUT2D eigenvalue weighted by molar-refractivity contribution is 6.31. The van der Waals surface area contributed by atoms with Crippen LogP contribution in [0, 0.1) is 0 Å². The third-order valence-electron chi connectivity index (χ3n) is 2.99. The fourth-order valence-corrected chi connectivity index (χ4v) is 2.42. The van der Waals surface area contributed by atoms with Gasteiger partial charge in [0, 0.05) is 12.7 Å². The second-order valence-corrected chi connectivity index (χ2v) is 5.07. The lowest BCUT2D eigenvalue weighted by Gasteiger charge is -2.06. The molecule has 0 aliphatic carbocycles. The van der Waals surface area contributed by atoms with Crippen molar-refractivity contribution in [1.82, 2.24) is 14.5 Å². The number of hydrogen-bond acceptors (Lipinski definition) is 2. The molecule has 5 heteroatoms. The van der Waals surface area contributed by atoms with Crippen LogP contribution in [0.25, 0.3) is 11.2 Å². The van der Waals surface area contributed by atoms with Gasteiger partial charge in [0.25, 0.3) is 0 Å². The maximum Gasteiger partial charge on any atom is 0.160 e. The molecule has 0 unspecified atom stereocenters. The SMILES string of the molecule is CCCCCCn1c(CCl)nc2cc(Cl)cnc21. The van der Waals surface area contributed by atoms with Crippen LogP contribution in [-0.4, -0.2) is 14.5 Å². The minimum absolute atomic E-state index is 0.405. The van der Waals surface area contributed by atoms with E-state index >= 15 is 0 Å². The number of nitrogens with zero attached hydrogens (tertiary/aromatic N) is 3. The molecule has 2 aromatic heterocycles. The summed E-state index contributed by atoms with van der Waals surface area (Å²) in [5.41, 5.74) is 1.71. The minimum Gasteiger partial charge on any atom is -0.312 e. The van der Waals surface area contributed by atoms with Crippen molar-refractivity contribution < 1.29 is 0 Å². The van der Waals surface area contributed by atoms with Gasteiger partial charge >= 0.3 is 0 Å². The lowest BCUT2D eigenvalue weighted by Crippen LogP contribution is -2.03. The number of aryl methyl sites for hydroxylation is 1. The van der Waals surface area contributed by atoms with E-state index in [1.807, 2.05) is 6.07 Å². The lowest BCUT2D eigenvalue weighted by molar-refractivity contribution is 0.578. The average Bonchev–Trinajstić information content (AvgIpc) is 2.71. The van der Waals surface area contributed by atoms with Gasteiger partial charge in [0.05, 0.1) is 10.9 Å². The first-order chi connectivity index (χ1) is 8.76. The summed E-state index contributed by atoms with van der Waals surface area (Å²) in [5.74, 6) is 1.28. The average molecular weight is 286 g/mol. The maximum absolute atomic E-state index is 5.94. The molecule has 0 bridgehead atoms. The third-order valence-corrected chi connectivity index (χ3v) is 3.43. The van der Waals surface area contributed by atoms with Crippen molar-refractivity contribution in [3.63, 3.8) is 0 Å². The Kier molecular flexibility index (Phi) is 4.84. The monoisotopic (exact) mass is 285 g/mol. The largest absolute Gasteiger partial charge is 0.312 e. The van der Waals surface area contributed by atoms with Gasteiger partial charge < -0.3 is 4.57 Å². The van der Waals surface area contributed by atoms with Crippen LogP contribution in [0.2, 0.25) is 5.02 Å². The first kappa shape index (κ1) is 13.6. The molecule has 0 radical (unpaired) electrons. The van der Waals surface area contributed by atoms with Crippen molar-refractivity contribution in [3.8, 4) is 0 Å². The maximum atomic E-state index is 5.94. The number of imidazole rings is 1. The third kappa shape index (κ3) is 2.96. The summed E-state index contributed by atoms with van der Waals surface area (Å²) in [6.07, 6.45) is 6.52. The predicted octanol–water partition coefficient (Wildman–Crippen LogP) is 4.40. The molecule has 98 valence electrons. The molecule has 18 heavy (non-hydrogen) atoms. The van der Waals surface area contributed by atoms with E-state index in [4.69, 9.17) is 23.2 Å². The van der Waals surface area contributed by atoms with Gasteiger partial charge in [0.15, 0.2) is 5.65 Å². The van der Waals surface area contributed by atoms with Gasteiger partial charge in [-0.15, -0.1) is 11.6 Å². The zero-order valence-electron chi connectivity index (χ0n) is 10.5. The molecule has 0 saturated carbocycles. The molecule has 0 amide bonds. The summed E-state index contributed by atoms with van der Waals surface area (Å²) in [6, 6.07) is 1.84. The van der Waals surface area contributed by atoms with Gasteiger partial charge in [-0.2, -0.15) is 0 Å². The van der Waals surface area contributed by atoms with Gasteiger partial charge in [-0.3, -0.25) is 0 Å². The molecule has 2 heterocycles. The molecule has 2 rings (SSSR count). The summed E-state index contributed by atoms with van der Waals surface area (Å²) in [4.78, 5) is 8.83. The Morgan fingerprint density at radius 3 is 2.83 bits per heavy atom. The van der Waals surface area contributed by atoms with E-state index in [2.05, 4.69) is 21.5 Å². The van der Waals surface area contributed by atoms with E-state index in [1.54, 1.807) is 6.20 Å². The Bertz CT molecular complexity index is 522. The van der Waals surface area contributed by atoms with Gasteiger partial charge in [0.2, 0.25) is 0 Å². The summed E-state index contributed by atoms with van der Waals surface area (Å²) in [7, 11) is 0. The second-order valence-electron chi connectivity index (χ2n) is 4.37. The van der Waals surface area contributed by atoms with Crippen LogP contribution in [0.3, 0.4) is 0 Å². The zero-order chi connectivity index (χ0) is 13.0. The Labute approximate surface area is 117 Å². The van der Waals surface area contributed by atoms with Crippen molar-refractivity contribution in [2.45, 2.75) is 45.0 Å². The van der Waals surface area contributed by atoms with Gasteiger partial charge in [-0.1, -0.05) is 37.8 Å². The molecule has 0 fully saturated rings. The van der Waals surface area contributed by atoms with Gasteiger partial charge in [-0.25, -0.2) is 9.97 Å². The second kappa shape index (κ2) is 6.39. The summed E-state index contributed by atoms with van der Waals surface area (Å²) in [6.45, 7) is 3.13. The number of aromatic nitrogens is 3. The summed E-state index contributed by atoms with van der Waals surface area (Å²) < 4.78 is 2.11. The van der Waals surface area contributed by atoms with E-state index in [9.17, 15) is 0 Å². The first-order valence-corrected chi connectivity index (χ1v) is 7.24. The van der Waals surface area contributed by atoms with Crippen LogP contribution < -0.4 is 0 Å². The fraction of sp³-hybridized carbons (Fsp3) is 0.538. The van der Waals surface area contributed by atoms with Crippen LogP contribution in [0.5, 0.6) is 0 Å². The van der Waals surface area contributed by atoms with Crippen molar-refractivity contribution in [3.05, 3.63) is 23.1 Å². The van der Waals surface area contributed by atoms with Crippen LogP contribution in [0.15, 0.2) is 12.3 Å². The van der Waals surface area contributed by atoms with Gasteiger partial charge in [0.1, 0.15) is 11.3 Å². The molecule has 0 N–H and O–H groups in total. The summed E-state index contributed by atoms with van der Waals surface area (Å²) in [5, 5.41) is 0.610. The predicted molar refractivity (Wildman–Crippen MR) is 76.2 cm³/mol. The molecule has 0 saturated heterocycles. The quantitative estimate of drug-likeness (QED) is 0.582. The number of hydrogen-bond donors (Lipinski definition) is 0. The van der Waals surface area contributed by atoms with Crippen LogP contribution in [0.4, 0.5) is 0 Å². The van der Waals surface area contributed by atoms with Crippen molar-refractivity contribution in [2.24, 2.45) is 0 Å². The van der Waals surface area contributed by atoms with E-state index < -0.39 is 0 Å². The van der Waals surface area contributed by atoms with Gasteiger partial charge in [-0.05, 0) is 12.5 Å². The van der Waals surface area contributed by atoms with Crippen LogP contribution >= 0.6 is 23.2 Å². The molecular weight excluding hydrogens is 269 g/mol. The smallest absolute Gasteiger partial charge is 0.160 e. The number of pyridine rings is 1. The highest BCUT2D eigenvalue weighted by Gasteiger charge is 2.11. The number of fused-ring (bicyclic) bond motifs is 1. The normalized spacial score (nSPS) is 11.3. The molecule has 0 aromatic carbocycles. The Morgan fingerprint density at radius 2 is 2.11 bits per heavy atom. The standard InChI is InChI=1S/C13H17Cl2N3/c1-2-3-4-5-6-18-12(8-14)17-11-7-10(15)9-16-13(11)18/h7,9H,2-6,8H2,1H3. The zero-order valence-corrected chi connectivity index (χ0v) is 12.0. The lowest BCUT2D eigenvalue weighted by atomic mass is 10.2. The Hall–Kier alpha value is -0.800. The highest BCUT2D eigenvalue weighted by atomic mass is 35.5. The minimum atomic E-state index is 0.405. The topological polar surface area (TPSA) is 30.7 Å². The molecule has 0 atom stereocenters. The summed E-state index contributed by atoms with van der Waals surface area (Å²) >= 11 is 11.9. The Balaban J connectivity index is 2.23. The van der Waals surface area contributed by atoms with E-state index in [0.717, 1.165) is 30.0 Å². The number of unbranched alkanes of at least 4 members (excludes halogenated alkanes) is 3. The van der Waals surface area contributed by atoms with E-state index in [-0.39, 0.29) is 0 Å². The molecule has 0 aliphatic rings. The Morgan fingerprint density at radius 1 is 1.28 bits per heavy atom. The molecule has 0 spiro atoms. The molecule has 3 nitrogen and oxygen atoms in total. The van der Waals surface area contributed by atoms with Crippen LogP contribution in [-0.2, 0) is 12.4 Å². The first-order valence-electron chi connectivity index (χ1n) is 6.33. The molecule has 0 aliphatic heterocycles. The highest BCUT2D eigenvalue weighted by Crippen LogP contribution is 2.20. The van der Waals surface area contributed by atoms with E-state index in [0.29, 0.717) is 10.9 Å². The van der Waals surface area contributed by atoms with Crippen molar-refractivity contribution in [2.75, 3.05) is 0 Å². The van der Waals surface area contributed by atoms with E-state index in [1.165, 1.54) is 19.3 Å². The van der Waals surface area contributed by atoms with Crippen molar-refractivity contribution in [1.29, 1.82) is 0 Å². The number of rotatable bonds is 6. The van der Waals surface area contributed by atoms with Crippen LogP contribution in [0.1, 0.15) is 38.4 Å². The van der Waals surface area contributed by atoms with Crippen molar-refractivity contribution >= 4 is 34.4 Å². The number of alkyl halides is 1. The fourth-order valence-electron chi connectivity index (χ4n) is 2.07.